The van der Waals surface area contributed by atoms with Crippen LogP contribution in [0.5, 0.6) is 0 Å². The minimum Gasteiger partial charge on any atom is -0.417 e. The van der Waals surface area contributed by atoms with Crippen molar-refractivity contribution in [3.8, 4) is 11.5 Å². The fraction of sp³-hybridized carbons (Fsp3) is 0.125. The molecule has 0 saturated carbocycles. The lowest BCUT2D eigenvalue weighted by Crippen LogP contribution is -2.07. The first kappa shape index (κ1) is 15.0. The minimum absolute atomic E-state index is 0.496. The molecule has 0 saturated heterocycles. The molecule has 2 heterocycles. The summed E-state index contributed by atoms with van der Waals surface area (Å²) in [6, 6.07) is 12.0. The topological polar surface area (TPSA) is 42.2 Å². The van der Waals surface area contributed by atoms with Gasteiger partial charge in [0.25, 0.3) is 0 Å². The van der Waals surface area contributed by atoms with Crippen LogP contribution >= 0.6 is 27.3 Å². The van der Waals surface area contributed by atoms with Crippen molar-refractivity contribution in [2.24, 2.45) is 0 Å². The van der Waals surface area contributed by atoms with Crippen LogP contribution in [0.1, 0.15) is 10.8 Å². The van der Waals surface area contributed by atoms with Crippen LogP contribution in [-0.2, 0) is 0 Å². The van der Waals surface area contributed by atoms with Crippen LogP contribution < -0.4 is 4.90 Å². The number of halogens is 1. The molecule has 0 unspecified atom stereocenters. The summed E-state index contributed by atoms with van der Waals surface area (Å²) in [7, 11) is 4.01. The molecule has 0 N–H and O–H groups in total. The Morgan fingerprint density at radius 1 is 1.05 bits per heavy atom. The van der Waals surface area contributed by atoms with E-state index in [1.807, 2.05) is 67.5 Å². The number of anilines is 1. The molecular weight excluding hydrogens is 362 g/mol. The van der Waals surface area contributed by atoms with Crippen molar-refractivity contribution in [3.05, 3.63) is 51.0 Å². The summed E-state index contributed by atoms with van der Waals surface area (Å²) >= 11 is 5.09. The Kier molecular flexibility index (Phi) is 4.40. The summed E-state index contributed by atoms with van der Waals surface area (Å²) in [5.41, 5.74) is 2.04. The van der Waals surface area contributed by atoms with E-state index in [9.17, 15) is 0 Å². The second kappa shape index (κ2) is 6.46. The molecule has 2 aromatic heterocycles. The first-order valence-corrected chi connectivity index (χ1v) is 8.27. The molecule has 0 atom stereocenters. The molecule has 3 aromatic rings. The van der Waals surface area contributed by atoms with Crippen LogP contribution in [0.25, 0.3) is 23.6 Å². The number of rotatable bonds is 4. The molecule has 0 amide bonds. The summed E-state index contributed by atoms with van der Waals surface area (Å²) in [5.74, 6) is 1.02. The smallest absolute Gasteiger partial charge is 0.248 e. The van der Waals surface area contributed by atoms with Gasteiger partial charge in [-0.05, 0) is 58.4 Å². The lowest BCUT2D eigenvalue weighted by Gasteiger charge is -2.11. The summed E-state index contributed by atoms with van der Waals surface area (Å²) in [5, 5.41) is 8.14. The Hall–Kier alpha value is -1.92. The fourth-order valence-electron chi connectivity index (χ4n) is 1.89. The maximum atomic E-state index is 5.67. The normalized spacial score (nSPS) is 11.2. The van der Waals surface area contributed by atoms with Crippen molar-refractivity contribution in [2.75, 3.05) is 19.0 Å². The molecule has 0 aliphatic rings. The second-order valence-corrected chi connectivity index (χ2v) is 7.36. The van der Waals surface area contributed by atoms with Gasteiger partial charge in [-0.2, -0.15) is 0 Å². The molecule has 0 aliphatic heterocycles. The zero-order valence-electron chi connectivity index (χ0n) is 12.2. The standard InChI is InChI=1S/C16H14BrN3OS/c1-20(2)12-5-3-11(4-6-12)16-19-18-15(21-16)10-8-13-7-9-14(17)22-13/h3-10H,1-2H3/b10-8+. The van der Waals surface area contributed by atoms with Crippen molar-refractivity contribution < 1.29 is 4.42 Å². The van der Waals surface area contributed by atoms with E-state index in [0.717, 1.165) is 19.9 Å². The van der Waals surface area contributed by atoms with Crippen LogP contribution in [0.3, 0.4) is 0 Å². The largest absolute Gasteiger partial charge is 0.417 e. The number of nitrogens with zero attached hydrogens (tertiary/aromatic N) is 3. The van der Waals surface area contributed by atoms with Gasteiger partial charge in [-0.1, -0.05) is 0 Å². The van der Waals surface area contributed by atoms with Gasteiger partial charge in [0.05, 0.1) is 3.79 Å². The average Bonchev–Trinajstić information content (AvgIpc) is 3.14. The molecule has 0 spiro atoms. The molecule has 6 heteroatoms. The highest BCUT2D eigenvalue weighted by atomic mass is 79.9. The maximum absolute atomic E-state index is 5.67. The Morgan fingerprint density at radius 2 is 1.82 bits per heavy atom. The van der Waals surface area contributed by atoms with Gasteiger partial charge < -0.3 is 9.32 Å². The molecule has 0 aliphatic carbocycles. The molecule has 22 heavy (non-hydrogen) atoms. The number of thiophene rings is 1. The van der Waals surface area contributed by atoms with E-state index >= 15 is 0 Å². The third-order valence-electron chi connectivity index (χ3n) is 3.06. The van der Waals surface area contributed by atoms with Crippen molar-refractivity contribution in [1.82, 2.24) is 10.2 Å². The first-order valence-electron chi connectivity index (χ1n) is 6.66. The molecule has 112 valence electrons. The van der Waals surface area contributed by atoms with Gasteiger partial charge in [-0.15, -0.1) is 21.5 Å². The van der Waals surface area contributed by atoms with Gasteiger partial charge in [0.1, 0.15) is 0 Å². The van der Waals surface area contributed by atoms with Crippen LogP contribution in [0.15, 0.2) is 44.6 Å². The zero-order chi connectivity index (χ0) is 15.5. The van der Waals surface area contributed by atoms with Gasteiger partial charge in [0.2, 0.25) is 11.8 Å². The minimum atomic E-state index is 0.496. The predicted molar refractivity (Wildman–Crippen MR) is 95.0 cm³/mol. The number of aromatic nitrogens is 2. The highest BCUT2D eigenvalue weighted by Crippen LogP contribution is 2.25. The van der Waals surface area contributed by atoms with E-state index in [4.69, 9.17) is 4.42 Å². The zero-order valence-corrected chi connectivity index (χ0v) is 14.6. The number of hydrogen-bond donors (Lipinski definition) is 0. The summed E-state index contributed by atoms with van der Waals surface area (Å²) < 4.78 is 6.77. The van der Waals surface area contributed by atoms with E-state index in [1.54, 1.807) is 11.3 Å². The van der Waals surface area contributed by atoms with Gasteiger partial charge >= 0.3 is 0 Å². The Labute approximate surface area is 141 Å². The first-order chi connectivity index (χ1) is 10.6. The predicted octanol–water partition coefficient (Wildman–Crippen LogP) is 4.80. The molecular formula is C16H14BrN3OS. The fourth-order valence-corrected chi connectivity index (χ4v) is 3.22. The molecule has 0 fully saturated rings. The van der Waals surface area contributed by atoms with Gasteiger partial charge in [0, 0.05) is 36.3 Å². The molecule has 1 aromatic carbocycles. The van der Waals surface area contributed by atoms with Crippen LogP contribution in [0.2, 0.25) is 0 Å². The van der Waals surface area contributed by atoms with Gasteiger partial charge in [0.15, 0.2) is 0 Å². The van der Waals surface area contributed by atoms with Crippen LogP contribution in [0.4, 0.5) is 5.69 Å². The van der Waals surface area contributed by atoms with E-state index < -0.39 is 0 Å². The lowest BCUT2D eigenvalue weighted by atomic mass is 10.2. The second-order valence-electron chi connectivity index (χ2n) is 4.86. The SMILES string of the molecule is CN(C)c1ccc(-c2nnc(/C=C/c3ccc(Br)s3)o2)cc1. The third kappa shape index (κ3) is 3.45. The quantitative estimate of drug-likeness (QED) is 0.656. The van der Waals surface area contributed by atoms with Gasteiger partial charge in [-0.3, -0.25) is 0 Å². The average molecular weight is 376 g/mol. The number of benzene rings is 1. The Balaban J connectivity index is 1.77. The molecule has 0 radical (unpaired) electrons. The van der Waals surface area contributed by atoms with Crippen molar-refractivity contribution >= 4 is 45.1 Å². The summed E-state index contributed by atoms with van der Waals surface area (Å²) in [6.45, 7) is 0. The van der Waals surface area contributed by atoms with Crippen LogP contribution in [-0.4, -0.2) is 24.3 Å². The molecule has 4 nitrogen and oxygen atoms in total. The van der Waals surface area contributed by atoms with Crippen molar-refractivity contribution in [3.63, 3.8) is 0 Å². The maximum Gasteiger partial charge on any atom is 0.248 e. The van der Waals surface area contributed by atoms with Crippen LogP contribution in [0, 0.1) is 0 Å². The van der Waals surface area contributed by atoms with E-state index in [-0.39, 0.29) is 0 Å². The van der Waals surface area contributed by atoms with Gasteiger partial charge in [-0.25, -0.2) is 0 Å². The number of hydrogen-bond acceptors (Lipinski definition) is 5. The highest BCUT2D eigenvalue weighted by Gasteiger charge is 2.07. The van der Waals surface area contributed by atoms with Crippen molar-refractivity contribution in [2.45, 2.75) is 0 Å². The lowest BCUT2D eigenvalue weighted by molar-refractivity contribution is 0.558. The Morgan fingerprint density at radius 3 is 2.45 bits per heavy atom. The highest BCUT2D eigenvalue weighted by molar-refractivity contribution is 9.11. The summed E-state index contributed by atoms with van der Waals surface area (Å²) in [4.78, 5) is 3.17. The van der Waals surface area contributed by atoms with Crippen molar-refractivity contribution in [1.29, 1.82) is 0 Å². The monoisotopic (exact) mass is 375 g/mol. The molecule has 0 bridgehead atoms. The Bertz CT molecular complexity index is 790. The van der Waals surface area contributed by atoms with E-state index in [2.05, 4.69) is 26.1 Å². The molecule has 3 rings (SSSR count). The third-order valence-corrected chi connectivity index (χ3v) is 4.64. The van der Waals surface area contributed by atoms with E-state index in [1.165, 1.54) is 0 Å². The van der Waals surface area contributed by atoms with E-state index in [0.29, 0.717) is 11.8 Å². The summed E-state index contributed by atoms with van der Waals surface area (Å²) in [6.07, 6.45) is 3.78.